The lowest BCUT2D eigenvalue weighted by atomic mass is 9.82. The predicted molar refractivity (Wildman–Crippen MR) is 84.1 cm³/mol. The molecule has 2 aromatic rings. The summed E-state index contributed by atoms with van der Waals surface area (Å²) in [6.45, 7) is 3.74. The van der Waals surface area contributed by atoms with Crippen LogP contribution in [-0.2, 0) is 4.79 Å². The van der Waals surface area contributed by atoms with Crippen LogP contribution in [0.2, 0.25) is 0 Å². The summed E-state index contributed by atoms with van der Waals surface area (Å²) in [6.07, 6.45) is 0. The number of carboxylic acid groups (broad SMARTS) is 1. The number of carboxylic acids is 1. The minimum Gasteiger partial charge on any atom is -0.481 e. The van der Waals surface area contributed by atoms with E-state index in [0.29, 0.717) is 0 Å². The number of carbonyl (C=O) groups is 1. The van der Waals surface area contributed by atoms with Gasteiger partial charge in [0.25, 0.3) is 0 Å². The van der Waals surface area contributed by atoms with Crippen LogP contribution in [0.3, 0.4) is 0 Å². The maximum atomic E-state index is 11.7. The van der Waals surface area contributed by atoms with Gasteiger partial charge in [-0.2, -0.15) is 0 Å². The largest absolute Gasteiger partial charge is 0.481 e. The van der Waals surface area contributed by atoms with Crippen LogP contribution in [0.1, 0.15) is 25.3 Å². The third kappa shape index (κ3) is 3.83. The van der Waals surface area contributed by atoms with Gasteiger partial charge < -0.3 is 10.5 Å². The minimum atomic E-state index is -0.853. The average Bonchev–Trinajstić information content (AvgIpc) is 2.47. The second-order valence-corrected chi connectivity index (χ2v) is 5.52. The maximum Gasteiger partial charge on any atom is 0.312 e. The van der Waals surface area contributed by atoms with Crippen molar-refractivity contribution >= 4 is 11.7 Å². The third-order valence-corrected chi connectivity index (χ3v) is 3.40. The van der Waals surface area contributed by atoms with E-state index in [0.717, 1.165) is 11.3 Å². The number of benzene rings is 2. The molecule has 4 heteroatoms. The average molecular weight is 284 g/mol. The third-order valence-electron chi connectivity index (χ3n) is 3.40. The normalized spacial score (nSPS) is 12.7. The number of para-hydroxylation sites is 1. The number of hydrazine groups is 1. The minimum absolute atomic E-state index is 0.657. The van der Waals surface area contributed by atoms with Gasteiger partial charge in [-0.05, 0) is 31.5 Å². The van der Waals surface area contributed by atoms with Gasteiger partial charge in [0.15, 0.2) is 0 Å². The molecule has 0 aromatic heterocycles. The zero-order valence-electron chi connectivity index (χ0n) is 12.2. The lowest BCUT2D eigenvalue weighted by molar-refractivity contribution is -0.140. The van der Waals surface area contributed by atoms with Crippen LogP contribution in [0.15, 0.2) is 60.7 Å². The number of anilines is 1. The van der Waals surface area contributed by atoms with Gasteiger partial charge in [-0.1, -0.05) is 48.5 Å². The molecule has 21 heavy (non-hydrogen) atoms. The van der Waals surface area contributed by atoms with E-state index < -0.39 is 17.4 Å². The summed E-state index contributed by atoms with van der Waals surface area (Å²) >= 11 is 0. The standard InChI is InChI=1S/C17H20N2O2/c1-17(2,19-18-14-11-7-4-8-12-14)15(16(20)21)13-9-5-3-6-10-13/h3-12,15,18-19H,1-2H3,(H,20,21). The highest BCUT2D eigenvalue weighted by atomic mass is 16.4. The van der Waals surface area contributed by atoms with E-state index >= 15 is 0 Å². The van der Waals surface area contributed by atoms with Gasteiger partial charge in [-0.25, -0.2) is 5.43 Å². The number of rotatable bonds is 6. The summed E-state index contributed by atoms with van der Waals surface area (Å²) in [5, 5.41) is 9.59. The molecule has 0 fully saturated rings. The van der Waals surface area contributed by atoms with Crippen LogP contribution in [-0.4, -0.2) is 16.6 Å². The van der Waals surface area contributed by atoms with E-state index in [2.05, 4.69) is 10.9 Å². The fourth-order valence-corrected chi connectivity index (χ4v) is 2.34. The van der Waals surface area contributed by atoms with E-state index in [-0.39, 0.29) is 0 Å². The van der Waals surface area contributed by atoms with Crippen LogP contribution in [0, 0.1) is 0 Å². The van der Waals surface area contributed by atoms with Crippen molar-refractivity contribution in [2.45, 2.75) is 25.3 Å². The van der Waals surface area contributed by atoms with E-state index in [1.807, 2.05) is 74.5 Å². The van der Waals surface area contributed by atoms with E-state index in [1.165, 1.54) is 0 Å². The molecule has 0 radical (unpaired) electrons. The SMILES string of the molecule is CC(C)(NNc1ccccc1)C(C(=O)O)c1ccccc1. The van der Waals surface area contributed by atoms with Crippen molar-refractivity contribution < 1.29 is 9.90 Å². The zero-order chi connectivity index (χ0) is 15.3. The molecule has 0 amide bonds. The summed E-state index contributed by atoms with van der Waals surface area (Å²) in [5.74, 6) is -1.51. The van der Waals surface area contributed by atoms with Gasteiger partial charge in [-0.15, -0.1) is 0 Å². The fourth-order valence-electron chi connectivity index (χ4n) is 2.34. The Kier molecular flexibility index (Phi) is 4.60. The van der Waals surface area contributed by atoms with Gasteiger partial charge in [0, 0.05) is 11.2 Å². The molecule has 110 valence electrons. The van der Waals surface area contributed by atoms with E-state index in [9.17, 15) is 9.90 Å². The molecule has 3 N–H and O–H groups in total. The molecule has 0 spiro atoms. The summed E-state index contributed by atoms with van der Waals surface area (Å²) in [7, 11) is 0. The van der Waals surface area contributed by atoms with Gasteiger partial charge >= 0.3 is 5.97 Å². The lowest BCUT2D eigenvalue weighted by Crippen LogP contribution is -2.50. The van der Waals surface area contributed by atoms with Crippen molar-refractivity contribution in [2.75, 3.05) is 5.43 Å². The summed E-state index contributed by atoms with van der Waals surface area (Å²) in [6, 6.07) is 18.9. The fraction of sp³-hybridized carbons (Fsp3) is 0.235. The highest BCUT2D eigenvalue weighted by molar-refractivity contribution is 5.78. The Morgan fingerprint density at radius 2 is 1.52 bits per heavy atom. The molecule has 4 nitrogen and oxygen atoms in total. The second kappa shape index (κ2) is 6.41. The Balaban J connectivity index is 2.16. The Hall–Kier alpha value is -2.33. The highest BCUT2D eigenvalue weighted by Crippen LogP contribution is 2.28. The molecular formula is C17H20N2O2. The first kappa shape index (κ1) is 15.1. The van der Waals surface area contributed by atoms with Crippen molar-refractivity contribution in [3.05, 3.63) is 66.2 Å². The first-order valence-electron chi connectivity index (χ1n) is 6.87. The summed E-state index contributed by atoms with van der Waals surface area (Å²) in [4.78, 5) is 11.7. The van der Waals surface area contributed by atoms with E-state index in [1.54, 1.807) is 0 Å². The first-order valence-corrected chi connectivity index (χ1v) is 6.87. The first-order chi connectivity index (χ1) is 10.0. The Bertz CT molecular complexity index is 582. The number of aliphatic carboxylic acids is 1. The molecule has 0 bridgehead atoms. The zero-order valence-corrected chi connectivity index (χ0v) is 12.2. The smallest absolute Gasteiger partial charge is 0.312 e. The van der Waals surface area contributed by atoms with Crippen molar-refractivity contribution in [2.24, 2.45) is 0 Å². The summed E-state index contributed by atoms with van der Waals surface area (Å²) < 4.78 is 0. The molecule has 2 rings (SSSR count). The van der Waals surface area contributed by atoms with Gasteiger partial charge in [0.05, 0.1) is 0 Å². The molecule has 0 aliphatic carbocycles. The van der Waals surface area contributed by atoms with Gasteiger partial charge in [-0.3, -0.25) is 4.79 Å². The molecule has 0 aliphatic heterocycles. The van der Waals surface area contributed by atoms with Crippen LogP contribution < -0.4 is 10.9 Å². The van der Waals surface area contributed by atoms with Crippen molar-refractivity contribution in [3.8, 4) is 0 Å². The van der Waals surface area contributed by atoms with Gasteiger partial charge in [0.2, 0.25) is 0 Å². The van der Waals surface area contributed by atoms with Crippen LogP contribution >= 0.6 is 0 Å². The van der Waals surface area contributed by atoms with Crippen LogP contribution in [0.5, 0.6) is 0 Å². The second-order valence-electron chi connectivity index (χ2n) is 5.52. The van der Waals surface area contributed by atoms with E-state index in [4.69, 9.17) is 0 Å². The van der Waals surface area contributed by atoms with Crippen LogP contribution in [0.25, 0.3) is 0 Å². The van der Waals surface area contributed by atoms with Crippen molar-refractivity contribution in [1.29, 1.82) is 0 Å². The molecular weight excluding hydrogens is 264 g/mol. The quantitative estimate of drug-likeness (QED) is 0.713. The Morgan fingerprint density at radius 3 is 2.05 bits per heavy atom. The number of hydrogen-bond donors (Lipinski definition) is 3. The van der Waals surface area contributed by atoms with Crippen molar-refractivity contribution in [3.63, 3.8) is 0 Å². The summed E-state index contributed by atoms with van der Waals surface area (Å²) in [5.41, 5.74) is 7.20. The predicted octanol–water partition coefficient (Wildman–Crippen LogP) is 3.25. The maximum absolute atomic E-state index is 11.7. The molecule has 0 saturated heterocycles. The number of hydrogen-bond acceptors (Lipinski definition) is 3. The Morgan fingerprint density at radius 1 is 1.00 bits per heavy atom. The van der Waals surface area contributed by atoms with Crippen molar-refractivity contribution in [1.82, 2.24) is 5.43 Å². The number of nitrogens with one attached hydrogen (secondary N) is 2. The molecule has 1 unspecified atom stereocenters. The molecule has 0 saturated carbocycles. The molecule has 0 heterocycles. The molecule has 1 atom stereocenters. The van der Waals surface area contributed by atoms with Gasteiger partial charge in [0.1, 0.15) is 5.92 Å². The lowest BCUT2D eigenvalue weighted by Gasteiger charge is -2.33. The topological polar surface area (TPSA) is 61.4 Å². The molecule has 0 aliphatic rings. The Labute approximate surface area is 124 Å². The van der Waals surface area contributed by atoms with Crippen LogP contribution in [0.4, 0.5) is 5.69 Å². The monoisotopic (exact) mass is 284 g/mol. The molecule has 2 aromatic carbocycles. The highest BCUT2D eigenvalue weighted by Gasteiger charge is 2.36.